The highest BCUT2D eigenvalue weighted by Gasteiger charge is 2.16. The zero-order valence-electron chi connectivity index (χ0n) is 16.7. The maximum absolute atomic E-state index is 12.7. The molecule has 0 atom stereocenters. The molecule has 7 nitrogen and oxygen atoms in total. The van der Waals surface area contributed by atoms with Crippen molar-refractivity contribution in [3.63, 3.8) is 0 Å². The third kappa shape index (κ3) is 5.18. The molecule has 0 saturated carbocycles. The zero-order chi connectivity index (χ0) is 21.6. The summed E-state index contributed by atoms with van der Waals surface area (Å²) in [6.07, 6.45) is 0. The average molecular weight is 433 g/mol. The molecule has 2 aromatic heterocycles. The summed E-state index contributed by atoms with van der Waals surface area (Å²) in [6.45, 7) is 0.385. The highest BCUT2D eigenvalue weighted by molar-refractivity contribution is 7.12. The zero-order valence-corrected chi connectivity index (χ0v) is 17.6. The lowest BCUT2D eigenvalue weighted by Gasteiger charge is -2.08. The molecule has 0 aliphatic heterocycles. The number of hydrogen-bond donors (Lipinski definition) is 2. The molecule has 2 amide bonds. The number of carbonyl (C=O) groups is 2. The van der Waals surface area contributed by atoms with Crippen LogP contribution >= 0.6 is 11.3 Å². The maximum atomic E-state index is 12.7. The molecule has 0 fully saturated rings. The van der Waals surface area contributed by atoms with Gasteiger partial charge >= 0.3 is 0 Å². The number of thiophene rings is 1. The van der Waals surface area contributed by atoms with E-state index in [-0.39, 0.29) is 17.5 Å². The maximum Gasteiger partial charge on any atom is 0.276 e. The normalized spacial score (nSPS) is 10.5. The summed E-state index contributed by atoms with van der Waals surface area (Å²) < 4.78 is 7.22. The Labute approximate surface area is 183 Å². The molecule has 0 bridgehead atoms. The summed E-state index contributed by atoms with van der Waals surface area (Å²) in [4.78, 5) is 25.5. The Morgan fingerprint density at radius 1 is 0.968 bits per heavy atom. The number of aromatic nitrogens is 2. The molecule has 2 aromatic carbocycles. The molecule has 2 N–H and O–H groups in total. The van der Waals surface area contributed by atoms with E-state index in [0.717, 1.165) is 11.3 Å². The van der Waals surface area contributed by atoms with Gasteiger partial charge in [0.15, 0.2) is 5.69 Å². The highest BCUT2D eigenvalue weighted by Crippen LogP contribution is 2.18. The lowest BCUT2D eigenvalue weighted by atomic mass is 10.2. The van der Waals surface area contributed by atoms with Gasteiger partial charge in [-0.1, -0.05) is 36.4 Å². The van der Waals surface area contributed by atoms with Crippen molar-refractivity contribution < 1.29 is 14.3 Å². The Kier molecular flexibility index (Phi) is 6.09. The number of carbonyl (C=O) groups excluding carboxylic acids is 2. The van der Waals surface area contributed by atoms with Crippen molar-refractivity contribution in [3.05, 3.63) is 94.3 Å². The number of amides is 2. The monoisotopic (exact) mass is 432 g/mol. The highest BCUT2D eigenvalue weighted by atomic mass is 32.1. The SMILES string of the molecule is Cn1nc(C(=O)Nc2cccc(COc3ccccc3)c2)cc1NC(=O)c1cccs1. The van der Waals surface area contributed by atoms with E-state index in [0.29, 0.717) is 23.0 Å². The summed E-state index contributed by atoms with van der Waals surface area (Å²) >= 11 is 1.34. The first-order valence-electron chi connectivity index (χ1n) is 9.55. The van der Waals surface area contributed by atoms with E-state index in [4.69, 9.17) is 4.74 Å². The van der Waals surface area contributed by atoms with Gasteiger partial charge in [-0.25, -0.2) is 0 Å². The van der Waals surface area contributed by atoms with Gasteiger partial charge in [-0.15, -0.1) is 11.3 Å². The number of para-hydroxylation sites is 1. The van der Waals surface area contributed by atoms with Gasteiger partial charge in [0.1, 0.15) is 18.2 Å². The molecule has 4 aromatic rings. The first-order valence-corrected chi connectivity index (χ1v) is 10.4. The number of aryl methyl sites for hydroxylation is 1. The second-order valence-electron chi connectivity index (χ2n) is 6.73. The minimum Gasteiger partial charge on any atom is -0.489 e. The molecule has 8 heteroatoms. The molecule has 0 saturated heterocycles. The van der Waals surface area contributed by atoms with Gasteiger partial charge in [-0.05, 0) is 41.3 Å². The van der Waals surface area contributed by atoms with E-state index in [1.54, 1.807) is 31.3 Å². The van der Waals surface area contributed by atoms with E-state index >= 15 is 0 Å². The molecule has 0 spiro atoms. The van der Waals surface area contributed by atoms with Crippen LogP contribution in [-0.4, -0.2) is 21.6 Å². The van der Waals surface area contributed by atoms with Gasteiger partial charge in [0.2, 0.25) is 0 Å². The Balaban J connectivity index is 1.39. The molecule has 156 valence electrons. The van der Waals surface area contributed by atoms with Gasteiger partial charge in [0, 0.05) is 18.8 Å². The minimum atomic E-state index is -0.367. The minimum absolute atomic E-state index is 0.204. The second-order valence-corrected chi connectivity index (χ2v) is 7.67. The third-order valence-electron chi connectivity index (χ3n) is 4.43. The molecular formula is C23H20N4O3S. The first kappa shape index (κ1) is 20.4. The number of nitrogens with zero attached hydrogens (tertiary/aromatic N) is 2. The second kappa shape index (κ2) is 9.27. The molecule has 0 aliphatic carbocycles. The van der Waals surface area contributed by atoms with E-state index in [2.05, 4.69) is 15.7 Å². The van der Waals surface area contributed by atoms with Crippen LogP contribution < -0.4 is 15.4 Å². The summed E-state index contributed by atoms with van der Waals surface area (Å²) in [5, 5.41) is 11.6. The Morgan fingerprint density at radius 3 is 2.58 bits per heavy atom. The van der Waals surface area contributed by atoms with Crippen molar-refractivity contribution in [1.82, 2.24) is 9.78 Å². The molecule has 0 radical (unpaired) electrons. The third-order valence-corrected chi connectivity index (χ3v) is 5.30. The van der Waals surface area contributed by atoms with Crippen molar-refractivity contribution in [2.45, 2.75) is 6.61 Å². The smallest absolute Gasteiger partial charge is 0.276 e. The number of ether oxygens (including phenoxy) is 1. The molecule has 2 heterocycles. The van der Waals surface area contributed by atoms with E-state index < -0.39 is 0 Å². The van der Waals surface area contributed by atoms with Crippen LogP contribution in [0.1, 0.15) is 25.7 Å². The van der Waals surface area contributed by atoms with Crippen LogP contribution in [0.15, 0.2) is 78.2 Å². The van der Waals surface area contributed by atoms with Gasteiger partial charge in [0.25, 0.3) is 11.8 Å². The standard InChI is InChI=1S/C23H20N4O3S/c1-27-21(25-23(29)20-11-6-12-31-20)14-19(26-27)22(28)24-17-8-5-7-16(13-17)15-30-18-9-3-2-4-10-18/h2-14H,15H2,1H3,(H,24,28)(H,25,29). The average Bonchev–Trinajstić information content (AvgIpc) is 3.44. The lowest BCUT2D eigenvalue weighted by molar-refractivity contribution is 0.101. The number of benzene rings is 2. The predicted octanol–water partition coefficient (Wildman–Crippen LogP) is 4.57. The number of rotatable bonds is 7. The van der Waals surface area contributed by atoms with Crippen molar-refractivity contribution in [2.75, 3.05) is 10.6 Å². The van der Waals surface area contributed by atoms with Crippen molar-refractivity contribution in [1.29, 1.82) is 0 Å². The van der Waals surface area contributed by atoms with E-state index in [9.17, 15) is 9.59 Å². The van der Waals surface area contributed by atoms with Crippen LogP contribution in [0.25, 0.3) is 0 Å². The topological polar surface area (TPSA) is 85.2 Å². The summed E-state index contributed by atoms with van der Waals surface area (Å²) in [5.41, 5.74) is 1.76. The largest absolute Gasteiger partial charge is 0.489 e. The lowest BCUT2D eigenvalue weighted by Crippen LogP contribution is -2.13. The molecule has 4 rings (SSSR count). The molecular weight excluding hydrogens is 412 g/mol. The van der Waals surface area contributed by atoms with Gasteiger partial charge in [-0.2, -0.15) is 5.10 Å². The number of hydrogen-bond acceptors (Lipinski definition) is 5. The van der Waals surface area contributed by atoms with Gasteiger partial charge in [-0.3, -0.25) is 14.3 Å². The summed E-state index contributed by atoms with van der Waals surface area (Å²) in [6, 6.07) is 22.1. The Morgan fingerprint density at radius 2 is 1.81 bits per heavy atom. The van der Waals surface area contributed by atoms with Gasteiger partial charge < -0.3 is 15.4 Å². The van der Waals surface area contributed by atoms with Crippen molar-refractivity contribution in [2.24, 2.45) is 7.05 Å². The Bertz CT molecular complexity index is 1190. The Hall–Kier alpha value is -3.91. The van der Waals surface area contributed by atoms with Crippen molar-refractivity contribution in [3.8, 4) is 5.75 Å². The van der Waals surface area contributed by atoms with Crippen LogP contribution in [-0.2, 0) is 13.7 Å². The van der Waals surface area contributed by atoms with Crippen LogP contribution in [0.2, 0.25) is 0 Å². The number of anilines is 2. The summed E-state index contributed by atoms with van der Waals surface area (Å²) in [5.74, 6) is 0.612. The quantitative estimate of drug-likeness (QED) is 0.448. The number of nitrogens with one attached hydrogen (secondary N) is 2. The van der Waals surface area contributed by atoms with Crippen LogP contribution in [0.4, 0.5) is 11.5 Å². The fraction of sp³-hybridized carbons (Fsp3) is 0.0870. The predicted molar refractivity (Wildman–Crippen MR) is 121 cm³/mol. The van der Waals surface area contributed by atoms with Crippen LogP contribution in [0.5, 0.6) is 5.75 Å². The fourth-order valence-corrected chi connectivity index (χ4v) is 3.52. The van der Waals surface area contributed by atoms with Crippen LogP contribution in [0, 0.1) is 0 Å². The molecule has 0 unspecified atom stereocenters. The molecule has 31 heavy (non-hydrogen) atoms. The summed E-state index contributed by atoms with van der Waals surface area (Å²) in [7, 11) is 1.67. The fourth-order valence-electron chi connectivity index (χ4n) is 2.90. The first-order chi connectivity index (χ1) is 15.1. The van der Waals surface area contributed by atoms with E-state index in [1.165, 1.54) is 16.0 Å². The van der Waals surface area contributed by atoms with E-state index in [1.807, 2.05) is 53.9 Å². The van der Waals surface area contributed by atoms with Gasteiger partial charge in [0.05, 0.1) is 4.88 Å². The molecule has 0 aliphatic rings. The van der Waals surface area contributed by atoms with Crippen LogP contribution in [0.3, 0.4) is 0 Å². The van der Waals surface area contributed by atoms with Crippen molar-refractivity contribution >= 4 is 34.7 Å².